The number of benzene rings is 1. The Labute approximate surface area is 127 Å². The monoisotopic (exact) mass is 303 g/mol. The minimum absolute atomic E-state index is 0.0310. The van der Waals surface area contributed by atoms with E-state index in [1.165, 1.54) is 37.5 Å². The van der Waals surface area contributed by atoms with Gasteiger partial charge in [0.15, 0.2) is 5.78 Å². The average molecular weight is 304 g/mol. The average Bonchev–Trinajstić information content (AvgIpc) is 2.90. The van der Waals surface area contributed by atoms with E-state index < -0.39 is 11.7 Å². The van der Waals surface area contributed by atoms with Gasteiger partial charge in [-0.1, -0.05) is 17.7 Å². The summed E-state index contributed by atoms with van der Waals surface area (Å²) in [7, 11) is 0. The Kier molecular flexibility index (Phi) is 2.87. The second kappa shape index (κ2) is 4.55. The van der Waals surface area contributed by atoms with Crippen molar-refractivity contribution in [1.29, 1.82) is 5.26 Å². The lowest BCUT2D eigenvalue weighted by Gasteiger charge is -2.14. The Morgan fingerprint density at radius 2 is 2.00 bits per heavy atom. The molecule has 3 aliphatic carbocycles. The van der Waals surface area contributed by atoms with Crippen LogP contribution in [0.15, 0.2) is 18.2 Å². The van der Waals surface area contributed by atoms with Gasteiger partial charge in [-0.05, 0) is 55.1 Å². The number of hydrogen-bond acceptors (Lipinski definition) is 2. The molecule has 5 atom stereocenters. The van der Waals surface area contributed by atoms with Crippen molar-refractivity contribution < 1.29 is 9.18 Å². The van der Waals surface area contributed by atoms with E-state index in [4.69, 9.17) is 11.6 Å². The molecular formula is C17H15ClFNO. The number of halogens is 2. The predicted molar refractivity (Wildman–Crippen MR) is 76.1 cm³/mol. The van der Waals surface area contributed by atoms with E-state index in [9.17, 15) is 14.4 Å². The van der Waals surface area contributed by atoms with E-state index in [0.717, 1.165) is 0 Å². The van der Waals surface area contributed by atoms with Gasteiger partial charge >= 0.3 is 0 Å². The smallest absolute Gasteiger partial charge is 0.158 e. The van der Waals surface area contributed by atoms with Gasteiger partial charge in [0.2, 0.25) is 0 Å². The van der Waals surface area contributed by atoms with Gasteiger partial charge in [0, 0.05) is 16.5 Å². The van der Waals surface area contributed by atoms with Crippen molar-refractivity contribution in [3.63, 3.8) is 0 Å². The normalized spacial score (nSPS) is 36.9. The van der Waals surface area contributed by atoms with Crippen molar-refractivity contribution >= 4 is 17.4 Å². The number of hydrogen-bond donors (Lipinski definition) is 0. The van der Waals surface area contributed by atoms with Crippen LogP contribution in [0.2, 0.25) is 5.02 Å². The van der Waals surface area contributed by atoms with Crippen molar-refractivity contribution in [1.82, 2.24) is 0 Å². The second-order valence-corrected chi connectivity index (χ2v) is 7.02. The van der Waals surface area contributed by atoms with Crippen LogP contribution in [0.3, 0.4) is 0 Å². The Morgan fingerprint density at radius 3 is 2.57 bits per heavy atom. The molecule has 2 bridgehead atoms. The number of nitriles is 1. The molecule has 0 spiro atoms. The number of rotatable bonds is 3. The fourth-order valence-corrected chi connectivity index (χ4v) is 5.23. The van der Waals surface area contributed by atoms with Gasteiger partial charge in [0.25, 0.3) is 0 Å². The zero-order chi connectivity index (χ0) is 14.7. The third-order valence-electron chi connectivity index (χ3n) is 5.77. The van der Waals surface area contributed by atoms with E-state index >= 15 is 0 Å². The van der Waals surface area contributed by atoms with Crippen LogP contribution >= 0.6 is 11.6 Å². The zero-order valence-corrected chi connectivity index (χ0v) is 12.2. The van der Waals surface area contributed by atoms with Crippen molar-refractivity contribution in [2.45, 2.75) is 25.2 Å². The van der Waals surface area contributed by atoms with Gasteiger partial charge in [-0.15, -0.1) is 0 Å². The molecule has 3 fully saturated rings. The molecule has 108 valence electrons. The second-order valence-electron chi connectivity index (χ2n) is 6.61. The molecule has 0 radical (unpaired) electrons. The van der Waals surface area contributed by atoms with Crippen molar-refractivity contribution in [2.75, 3.05) is 0 Å². The molecule has 0 saturated heterocycles. The largest absolute Gasteiger partial charge is 0.298 e. The molecule has 3 aliphatic rings. The maximum atomic E-state index is 14.0. The fourth-order valence-electron chi connectivity index (χ4n) is 4.95. The van der Waals surface area contributed by atoms with Gasteiger partial charge in [-0.25, -0.2) is 4.39 Å². The molecule has 0 amide bonds. The fraction of sp³-hybridized carbons (Fsp3) is 0.529. The van der Waals surface area contributed by atoms with Gasteiger partial charge in [-0.2, -0.15) is 5.26 Å². The maximum Gasteiger partial charge on any atom is 0.158 e. The lowest BCUT2D eigenvalue weighted by molar-refractivity contribution is -0.121. The molecule has 0 aromatic heterocycles. The van der Waals surface area contributed by atoms with Crippen LogP contribution in [0.5, 0.6) is 0 Å². The standard InChI is InChI=1S/C17H15ClFNO/c18-11-2-1-3-12(19)15(11)10(7-20)17(21)16-13-8-4-5-9(6-8)14(13)16/h1-3,8-10,13-14,16H,4-6H2. The van der Waals surface area contributed by atoms with Gasteiger partial charge in [-0.3, -0.25) is 4.79 Å². The van der Waals surface area contributed by atoms with E-state index in [1.807, 2.05) is 6.07 Å². The summed E-state index contributed by atoms with van der Waals surface area (Å²) in [5.41, 5.74) is 0.0592. The number of Topliss-reactive ketones (excluding diaryl/α,β-unsaturated/α-hetero) is 1. The van der Waals surface area contributed by atoms with Gasteiger partial charge in [0.1, 0.15) is 11.7 Å². The first-order chi connectivity index (χ1) is 10.1. The predicted octanol–water partition coefficient (Wildman–Crippen LogP) is 3.95. The van der Waals surface area contributed by atoms with Crippen LogP contribution in [0, 0.1) is 46.7 Å². The molecule has 2 nitrogen and oxygen atoms in total. The number of ketones is 1. The summed E-state index contributed by atoms with van der Waals surface area (Å²) in [4.78, 5) is 12.7. The van der Waals surface area contributed by atoms with Crippen LogP contribution in [-0.2, 0) is 4.79 Å². The topological polar surface area (TPSA) is 40.9 Å². The zero-order valence-electron chi connectivity index (χ0n) is 11.4. The van der Waals surface area contributed by atoms with E-state index in [0.29, 0.717) is 23.7 Å². The highest BCUT2D eigenvalue weighted by Crippen LogP contribution is 2.70. The molecule has 5 unspecified atom stereocenters. The first kappa shape index (κ1) is 13.3. The quantitative estimate of drug-likeness (QED) is 0.848. The van der Waals surface area contributed by atoms with Gasteiger partial charge in [0.05, 0.1) is 6.07 Å². The minimum Gasteiger partial charge on any atom is -0.298 e. The van der Waals surface area contributed by atoms with Crippen LogP contribution < -0.4 is 0 Å². The molecule has 4 rings (SSSR count). The summed E-state index contributed by atoms with van der Waals surface area (Å²) in [5, 5.41) is 9.56. The Hall–Kier alpha value is -1.40. The van der Waals surface area contributed by atoms with Gasteiger partial charge < -0.3 is 0 Å². The first-order valence-corrected chi connectivity index (χ1v) is 7.88. The summed E-state index contributed by atoms with van der Waals surface area (Å²) in [6.45, 7) is 0. The molecule has 0 aliphatic heterocycles. The highest BCUT2D eigenvalue weighted by molar-refractivity contribution is 6.31. The molecular weight excluding hydrogens is 289 g/mol. The van der Waals surface area contributed by atoms with Crippen molar-refractivity contribution in [3.05, 3.63) is 34.6 Å². The molecule has 21 heavy (non-hydrogen) atoms. The Balaban J connectivity index is 1.63. The number of nitrogens with zero attached hydrogens (tertiary/aromatic N) is 1. The summed E-state index contributed by atoms with van der Waals surface area (Å²) < 4.78 is 14.0. The maximum absolute atomic E-state index is 14.0. The number of carbonyl (C=O) groups is 1. The lowest BCUT2D eigenvalue weighted by atomic mass is 9.88. The molecule has 4 heteroatoms. The first-order valence-electron chi connectivity index (χ1n) is 7.50. The van der Waals surface area contributed by atoms with Crippen LogP contribution in [0.1, 0.15) is 30.7 Å². The highest BCUT2D eigenvalue weighted by atomic mass is 35.5. The molecule has 1 aromatic carbocycles. The third kappa shape index (κ3) is 1.78. The van der Waals surface area contributed by atoms with Crippen molar-refractivity contribution in [2.24, 2.45) is 29.6 Å². The van der Waals surface area contributed by atoms with Crippen molar-refractivity contribution in [3.8, 4) is 6.07 Å². The SMILES string of the molecule is N#CC(C(=O)C1C2C3CCC(C3)C12)c1c(F)cccc1Cl. The van der Waals surface area contributed by atoms with Crippen LogP contribution in [0.25, 0.3) is 0 Å². The van der Waals surface area contributed by atoms with Crippen LogP contribution in [0.4, 0.5) is 4.39 Å². The Morgan fingerprint density at radius 1 is 1.33 bits per heavy atom. The number of fused-ring (bicyclic) bond motifs is 5. The Bertz CT molecular complexity index is 631. The molecule has 1 aromatic rings. The van der Waals surface area contributed by atoms with E-state index in [2.05, 4.69) is 0 Å². The third-order valence-corrected chi connectivity index (χ3v) is 6.10. The summed E-state index contributed by atoms with van der Waals surface area (Å²) in [5.74, 6) is 0.460. The summed E-state index contributed by atoms with van der Waals surface area (Å²) in [6.07, 6.45) is 3.68. The highest BCUT2D eigenvalue weighted by Gasteiger charge is 2.67. The van der Waals surface area contributed by atoms with Crippen LogP contribution in [-0.4, -0.2) is 5.78 Å². The minimum atomic E-state index is -1.06. The summed E-state index contributed by atoms with van der Waals surface area (Å²) >= 11 is 6.02. The molecule has 0 heterocycles. The lowest BCUT2D eigenvalue weighted by Crippen LogP contribution is -2.19. The molecule has 3 saturated carbocycles. The van der Waals surface area contributed by atoms with E-state index in [-0.39, 0.29) is 22.3 Å². The molecule has 0 N–H and O–H groups in total. The summed E-state index contributed by atoms with van der Waals surface area (Å²) in [6, 6.07) is 6.28. The van der Waals surface area contributed by atoms with E-state index in [1.54, 1.807) is 0 Å². The number of carbonyl (C=O) groups excluding carboxylic acids is 1.